The minimum atomic E-state index is 1.08. The van der Waals surface area contributed by atoms with Crippen LogP contribution in [0.25, 0.3) is 5.57 Å². The van der Waals surface area contributed by atoms with E-state index in [0.717, 1.165) is 11.4 Å². The standard InChI is InChI=1S/C19H20N2/c1-13-8-11-19-18(12-13)17(15(3)20-19)10-9-16-7-5-6-14(2)21(16)4/h5-12H,1-4H3/b16-9-,17-10+. The van der Waals surface area contributed by atoms with Crippen LogP contribution in [0.5, 0.6) is 0 Å². The molecule has 0 amide bonds. The largest absolute Gasteiger partial charge is 0.348 e. The fourth-order valence-corrected chi connectivity index (χ4v) is 2.66. The lowest BCUT2D eigenvalue weighted by atomic mass is 10.0. The van der Waals surface area contributed by atoms with E-state index in [4.69, 9.17) is 0 Å². The van der Waals surface area contributed by atoms with Crippen molar-refractivity contribution in [3.05, 3.63) is 71.1 Å². The van der Waals surface area contributed by atoms with E-state index in [-0.39, 0.29) is 0 Å². The zero-order valence-corrected chi connectivity index (χ0v) is 13.0. The summed E-state index contributed by atoms with van der Waals surface area (Å²) in [4.78, 5) is 6.84. The van der Waals surface area contributed by atoms with Gasteiger partial charge in [-0.15, -0.1) is 0 Å². The summed E-state index contributed by atoms with van der Waals surface area (Å²) in [7, 11) is 2.09. The van der Waals surface area contributed by atoms with Crippen LogP contribution in [0.3, 0.4) is 0 Å². The number of benzene rings is 1. The molecule has 0 bridgehead atoms. The highest BCUT2D eigenvalue weighted by Crippen LogP contribution is 2.35. The summed E-state index contributed by atoms with van der Waals surface area (Å²) < 4.78 is 0. The first kappa shape index (κ1) is 13.6. The van der Waals surface area contributed by atoms with E-state index in [1.54, 1.807) is 0 Å². The second kappa shape index (κ2) is 5.21. The molecule has 0 saturated heterocycles. The minimum absolute atomic E-state index is 1.08. The van der Waals surface area contributed by atoms with Crippen molar-refractivity contribution in [2.75, 3.05) is 7.05 Å². The van der Waals surface area contributed by atoms with Crippen molar-refractivity contribution < 1.29 is 0 Å². The normalized spacial score (nSPS) is 20.9. The molecule has 2 aliphatic heterocycles. The van der Waals surface area contributed by atoms with Gasteiger partial charge in [0.05, 0.1) is 5.69 Å². The van der Waals surface area contributed by atoms with Crippen LogP contribution in [0.1, 0.15) is 25.0 Å². The highest BCUT2D eigenvalue weighted by atomic mass is 15.1. The monoisotopic (exact) mass is 276 g/mol. The molecule has 0 aliphatic carbocycles. The van der Waals surface area contributed by atoms with Gasteiger partial charge in [-0.3, -0.25) is 4.99 Å². The molecule has 0 saturated carbocycles. The smallest absolute Gasteiger partial charge is 0.0712 e. The highest BCUT2D eigenvalue weighted by Gasteiger charge is 2.17. The average Bonchev–Trinajstić information content (AvgIpc) is 2.76. The molecule has 0 radical (unpaired) electrons. The number of hydrogen-bond donors (Lipinski definition) is 0. The number of fused-ring (bicyclic) bond motifs is 1. The second-order valence-electron chi connectivity index (χ2n) is 5.62. The fourth-order valence-electron chi connectivity index (χ4n) is 2.66. The Morgan fingerprint density at radius 2 is 1.90 bits per heavy atom. The molecule has 106 valence electrons. The van der Waals surface area contributed by atoms with Crippen LogP contribution >= 0.6 is 0 Å². The number of allylic oxidation sites excluding steroid dienone is 7. The van der Waals surface area contributed by atoms with E-state index >= 15 is 0 Å². The zero-order valence-electron chi connectivity index (χ0n) is 13.0. The van der Waals surface area contributed by atoms with Crippen molar-refractivity contribution >= 4 is 17.0 Å². The van der Waals surface area contributed by atoms with Gasteiger partial charge >= 0.3 is 0 Å². The molecular formula is C19H20N2. The lowest BCUT2D eigenvalue weighted by Gasteiger charge is -2.23. The molecule has 1 aromatic rings. The summed E-state index contributed by atoms with van der Waals surface area (Å²) in [5.41, 5.74) is 8.32. The van der Waals surface area contributed by atoms with Crippen molar-refractivity contribution in [1.82, 2.24) is 4.90 Å². The van der Waals surface area contributed by atoms with Gasteiger partial charge in [0.25, 0.3) is 0 Å². The number of aryl methyl sites for hydroxylation is 1. The summed E-state index contributed by atoms with van der Waals surface area (Å²) in [6.07, 6.45) is 10.7. The summed E-state index contributed by atoms with van der Waals surface area (Å²) in [5.74, 6) is 0. The Labute approximate surface area is 126 Å². The van der Waals surface area contributed by atoms with Gasteiger partial charge in [-0.2, -0.15) is 0 Å². The van der Waals surface area contributed by atoms with Crippen molar-refractivity contribution in [1.29, 1.82) is 0 Å². The third-order valence-corrected chi connectivity index (χ3v) is 4.06. The van der Waals surface area contributed by atoms with E-state index in [2.05, 4.69) is 86.3 Å². The molecule has 2 aliphatic rings. The Bertz CT molecular complexity index is 743. The predicted molar refractivity (Wildman–Crippen MR) is 90.7 cm³/mol. The van der Waals surface area contributed by atoms with Crippen molar-refractivity contribution in [2.24, 2.45) is 4.99 Å². The summed E-state index contributed by atoms with van der Waals surface area (Å²) in [5, 5.41) is 0. The number of rotatable bonds is 1. The summed E-state index contributed by atoms with van der Waals surface area (Å²) >= 11 is 0. The number of likely N-dealkylation sites (N-methyl/N-ethyl adjacent to an activating group) is 1. The van der Waals surface area contributed by atoms with Gasteiger partial charge < -0.3 is 4.90 Å². The maximum Gasteiger partial charge on any atom is 0.0712 e. The maximum atomic E-state index is 4.65. The van der Waals surface area contributed by atoms with Crippen molar-refractivity contribution in [2.45, 2.75) is 20.8 Å². The average molecular weight is 276 g/mol. The first-order valence-corrected chi connectivity index (χ1v) is 7.23. The van der Waals surface area contributed by atoms with Gasteiger partial charge in [0.15, 0.2) is 0 Å². The fraction of sp³-hybridized carbons (Fsp3) is 0.211. The molecule has 2 nitrogen and oxygen atoms in total. The van der Waals surface area contributed by atoms with E-state index in [0.29, 0.717) is 0 Å². The van der Waals surface area contributed by atoms with Crippen molar-refractivity contribution in [3.8, 4) is 0 Å². The third kappa shape index (κ3) is 2.49. The molecule has 2 heteroatoms. The first-order valence-electron chi connectivity index (χ1n) is 7.23. The van der Waals surface area contributed by atoms with Gasteiger partial charge in [0, 0.05) is 35.3 Å². The van der Waals surface area contributed by atoms with E-state index in [1.807, 2.05) is 0 Å². The summed E-state index contributed by atoms with van der Waals surface area (Å²) in [6, 6.07) is 6.43. The Morgan fingerprint density at radius 3 is 2.71 bits per heavy atom. The SMILES string of the molecule is CC1=CC=C/C(=C/C=C2\C(C)=Nc3ccc(C)cc32)N1C. The van der Waals surface area contributed by atoms with Crippen LogP contribution in [-0.4, -0.2) is 17.7 Å². The first-order chi connectivity index (χ1) is 10.1. The van der Waals surface area contributed by atoms with Gasteiger partial charge in [-0.05, 0) is 51.1 Å². The maximum absolute atomic E-state index is 4.65. The van der Waals surface area contributed by atoms with Gasteiger partial charge in [0.2, 0.25) is 0 Å². The van der Waals surface area contributed by atoms with Gasteiger partial charge in [-0.25, -0.2) is 0 Å². The highest BCUT2D eigenvalue weighted by molar-refractivity contribution is 6.28. The van der Waals surface area contributed by atoms with Gasteiger partial charge in [-0.1, -0.05) is 23.8 Å². The number of nitrogens with zero attached hydrogens (tertiary/aromatic N) is 2. The Balaban J connectivity index is 1.99. The Kier molecular flexibility index (Phi) is 3.38. The van der Waals surface area contributed by atoms with E-state index in [1.165, 1.54) is 28.1 Å². The summed E-state index contributed by atoms with van der Waals surface area (Å²) in [6.45, 7) is 6.31. The molecule has 3 rings (SSSR count). The number of hydrogen-bond acceptors (Lipinski definition) is 2. The zero-order chi connectivity index (χ0) is 15.0. The molecule has 0 unspecified atom stereocenters. The van der Waals surface area contributed by atoms with E-state index < -0.39 is 0 Å². The van der Waals surface area contributed by atoms with Crippen LogP contribution in [0, 0.1) is 6.92 Å². The minimum Gasteiger partial charge on any atom is -0.348 e. The quantitative estimate of drug-likeness (QED) is 0.721. The molecular weight excluding hydrogens is 256 g/mol. The van der Waals surface area contributed by atoms with Crippen molar-refractivity contribution in [3.63, 3.8) is 0 Å². The molecule has 0 spiro atoms. The Hall–Kier alpha value is -2.35. The number of aliphatic imine (C=N–C) groups is 1. The Morgan fingerprint density at radius 1 is 1.10 bits per heavy atom. The lowest BCUT2D eigenvalue weighted by molar-refractivity contribution is 0.533. The lowest BCUT2D eigenvalue weighted by Crippen LogP contribution is -2.15. The van der Waals surface area contributed by atoms with Crippen LogP contribution < -0.4 is 0 Å². The third-order valence-electron chi connectivity index (χ3n) is 4.06. The molecule has 1 aromatic carbocycles. The molecule has 21 heavy (non-hydrogen) atoms. The van der Waals surface area contributed by atoms with Crippen LogP contribution in [0.4, 0.5) is 5.69 Å². The topological polar surface area (TPSA) is 15.6 Å². The molecule has 0 N–H and O–H groups in total. The molecule has 0 fully saturated rings. The second-order valence-corrected chi connectivity index (χ2v) is 5.62. The molecule has 0 atom stereocenters. The van der Waals surface area contributed by atoms with Crippen LogP contribution in [0.2, 0.25) is 0 Å². The predicted octanol–water partition coefficient (Wildman–Crippen LogP) is 4.77. The van der Waals surface area contributed by atoms with Crippen LogP contribution in [-0.2, 0) is 0 Å². The molecule has 0 aromatic heterocycles. The van der Waals surface area contributed by atoms with Gasteiger partial charge in [0.1, 0.15) is 0 Å². The van der Waals surface area contributed by atoms with E-state index in [9.17, 15) is 0 Å². The molecule has 2 heterocycles. The van der Waals surface area contributed by atoms with Crippen LogP contribution in [0.15, 0.2) is 65.0 Å².